The topological polar surface area (TPSA) is 64.0 Å². The summed E-state index contributed by atoms with van der Waals surface area (Å²) < 4.78 is 28.1. The first-order valence-corrected chi connectivity index (χ1v) is 7.61. The predicted molar refractivity (Wildman–Crippen MR) is 69.7 cm³/mol. The third kappa shape index (κ3) is 3.46. The Labute approximate surface area is 103 Å². The van der Waals surface area contributed by atoms with Gasteiger partial charge < -0.3 is 0 Å². The molecule has 0 spiro atoms. The van der Waals surface area contributed by atoms with Crippen molar-refractivity contribution in [2.24, 2.45) is 0 Å². The molecule has 6 heteroatoms. The maximum atomic E-state index is 11.8. The van der Waals surface area contributed by atoms with Gasteiger partial charge in [-0.2, -0.15) is 5.10 Å². The molecule has 1 N–H and O–H groups in total. The van der Waals surface area contributed by atoms with E-state index in [1.54, 1.807) is 4.68 Å². The van der Waals surface area contributed by atoms with E-state index in [-0.39, 0.29) is 5.75 Å². The number of nitrogens with one attached hydrogen (secondary N) is 1. The average Bonchev–Trinajstić information content (AvgIpc) is 2.53. The average molecular weight is 259 g/mol. The van der Waals surface area contributed by atoms with Crippen molar-refractivity contribution in [2.45, 2.75) is 47.1 Å². The number of anilines is 1. The fourth-order valence-electron chi connectivity index (χ4n) is 1.69. The van der Waals surface area contributed by atoms with Crippen molar-refractivity contribution >= 4 is 15.7 Å². The van der Waals surface area contributed by atoms with E-state index < -0.39 is 10.0 Å². The highest BCUT2D eigenvalue weighted by Crippen LogP contribution is 2.20. The van der Waals surface area contributed by atoms with Crippen LogP contribution in [0.2, 0.25) is 0 Å². The van der Waals surface area contributed by atoms with Gasteiger partial charge in [0.15, 0.2) is 0 Å². The molecule has 0 aliphatic rings. The molecule has 0 aromatic carbocycles. The normalized spacial score (nSPS) is 11.8. The Morgan fingerprint density at radius 1 is 1.29 bits per heavy atom. The summed E-state index contributed by atoms with van der Waals surface area (Å²) in [5.74, 6) is 0.166. The Kier molecular flexibility index (Phi) is 4.56. The minimum absolute atomic E-state index is 0.166. The van der Waals surface area contributed by atoms with E-state index in [1.165, 1.54) is 0 Å². The van der Waals surface area contributed by atoms with Crippen LogP contribution >= 0.6 is 0 Å². The van der Waals surface area contributed by atoms with Crippen molar-refractivity contribution in [3.8, 4) is 0 Å². The summed E-state index contributed by atoms with van der Waals surface area (Å²) in [6.07, 6.45) is 1.54. The Morgan fingerprint density at radius 3 is 2.41 bits per heavy atom. The van der Waals surface area contributed by atoms with E-state index >= 15 is 0 Å². The Balaban J connectivity index is 2.92. The lowest BCUT2D eigenvalue weighted by Crippen LogP contribution is -2.17. The zero-order chi connectivity index (χ0) is 13.1. The van der Waals surface area contributed by atoms with E-state index in [0.717, 1.165) is 24.4 Å². The fourth-order valence-corrected chi connectivity index (χ4v) is 3.07. The van der Waals surface area contributed by atoms with Crippen molar-refractivity contribution in [2.75, 3.05) is 10.5 Å². The highest BCUT2D eigenvalue weighted by atomic mass is 32.2. The summed E-state index contributed by atoms with van der Waals surface area (Å²) in [7, 11) is -3.24. The number of rotatable bonds is 6. The van der Waals surface area contributed by atoms with Gasteiger partial charge in [-0.05, 0) is 27.2 Å². The Hall–Kier alpha value is -1.04. The predicted octanol–water partition coefficient (Wildman–Crippen LogP) is 2.06. The van der Waals surface area contributed by atoms with Crippen LogP contribution in [-0.4, -0.2) is 24.0 Å². The van der Waals surface area contributed by atoms with Crippen LogP contribution in [0, 0.1) is 13.8 Å². The number of unbranched alkanes of at least 4 members (excludes halogenated alkanes) is 1. The molecular weight excluding hydrogens is 238 g/mol. The molecule has 0 radical (unpaired) electrons. The largest absolute Gasteiger partial charge is 0.280 e. The van der Waals surface area contributed by atoms with Crippen LogP contribution in [0.3, 0.4) is 0 Å². The smallest absolute Gasteiger partial charge is 0.232 e. The summed E-state index contributed by atoms with van der Waals surface area (Å²) in [5.41, 5.74) is 2.22. The van der Waals surface area contributed by atoms with E-state index in [1.807, 2.05) is 27.7 Å². The quantitative estimate of drug-likeness (QED) is 0.850. The first-order valence-electron chi connectivity index (χ1n) is 5.95. The summed E-state index contributed by atoms with van der Waals surface area (Å²) in [4.78, 5) is 0. The number of aromatic nitrogens is 2. The molecule has 0 amide bonds. The molecule has 1 rings (SSSR count). The molecule has 5 nitrogen and oxygen atoms in total. The summed E-state index contributed by atoms with van der Waals surface area (Å²) in [5, 5.41) is 4.28. The van der Waals surface area contributed by atoms with Crippen LogP contribution in [0.25, 0.3) is 0 Å². The molecule has 0 unspecified atom stereocenters. The fraction of sp³-hybridized carbons (Fsp3) is 0.727. The van der Waals surface area contributed by atoms with Crippen molar-refractivity contribution < 1.29 is 8.42 Å². The van der Waals surface area contributed by atoms with Gasteiger partial charge in [-0.15, -0.1) is 0 Å². The summed E-state index contributed by atoms with van der Waals surface area (Å²) in [6, 6.07) is 0. The van der Waals surface area contributed by atoms with Crippen molar-refractivity contribution in [3.05, 3.63) is 11.4 Å². The standard InChI is InChI=1S/C11H21N3O2S/c1-5-7-8-17(15,16)13-11-9(3)12-14(6-2)10(11)4/h13H,5-8H2,1-4H3. The van der Waals surface area contributed by atoms with Crippen molar-refractivity contribution in [1.82, 2.24) is 9.78 Å². The SMILES string of the molecule is CCCCS(=O)(=O)Nc1c(C)nn(CC)c1C. The van der Waals surface area contributed by atoms with E-state index in [9.17, 15) is 8.42 Å². The number of hydrogen-bond acceptors (Lipinski definition) is 3. The zero-order valence-corrected chi connectivity index (χ0v) is 11.8. The molecule has 0 aliphatic heterocycles. The highest BCUT2D eigenvalue weighted by molar-refractivity contribution is 7.92. The van der Waals surface area contributed by atoms with Gasteiger partial charge in [-0.25, -0.2) is 8.42 Å². The molecule has 17 heavy (non-hydrogen) atoms. The molecule has 0 atom stereocenters. The van der Waals surface area contributed by atoms with Gasteiger partial charge >= 0.3 is 0 Å². The molecule has 98 valence electrons. The van der Waals surface area contributed by atoms with Gasteiger partial charge in [-0.1, -0.05) is 13.3 Å². The van der Waals surface area contributed by atoms with Gasteiger partial charge in [0.25, 0.3) is 0 Å². The zero-order valence-electron chi connectivity index (χ0n) is 10.9. The Morgan fingerprint density at radius 2 is 1.94 bits per heavy atom. The number of aryl methyl sites for hydroxylation is 2. The maximum absolute atomic E-state index is 11.8. The van der Waals surface area contributed by atoms with E-state index in [4.69, 9.17) is 0 Å². The molecule has 0 aliphatic carbocycles. The minimum atomic E-state index is -3.24. The van der Waals surface area contributed by atoms with Gasteiger partial charge in [0.1, 0.15) is 0 Å². The van der Waals surface area contributed by atoms with Crippen LogP contribution in [0.5, 0.6) is 0 Å². The highest BCUT2D eigenvalue weighted by Gasteiger charge is 2.16. The van der Waals surface area contributed by atoms with Crippen LogP contribution < -0.4 is 4.72 Å². The van der Waals surface area contributed by atoms with Crippen molar-refractivity contribution in [3.63, 3.8) is 0 Å². The molecule has 0 fully saturated rings. The second-order valence-corrected chi connectivity index (χ2v) is 5.98. The number of hydrogen-bond donors (Lipinski definition) is 1. The van der Waals surface area contributed by atoms with Crippen LogP contribution in [0.15, 0.2) is 0 Å². The Bertz CT molecular complexity index is 477. The third-order valence-electron chi connectivity index (χ3n) is 2.71. The van der Waals surface area contributed by atoms with E-state index in [0.29, 0.717) is 12.1 Å². The lowest BCUT2D eigenvalue weighted by Gasteiger charge is -2.08. The lowest BCUT2D eigenvalue weighted by atomic mass is 10.3. The first kappa shape index (κ1) is 14.0. The van der Waals surface area contributed by atoms with Gasteiger partial charge in [0.2, 0.25) is 10.0 Å². The molecule has 0 saturated carbocycles. The number of nitrogens with zero attached hydrogens (tertiary/aromatic N) is 2. The molecule has 0 bridgehead atoms. The van der Waals surface area contributed by atoms with E-state index in [2.05, 4.69) is 9.82 Å². The molecule has 0 saturated heterocycles. The molecule has 1 aromatic heterocycles. The minimum Gasteiger partial charge on any atom is -0.280 e. The molecule has 1 aromatic rings. The van der Waals surface area contributed by atoms with Gasteiger partial charge in [-0.3, -0.25) is 9.40 Å². The van der Waals surface area contributed by atoms with Crippen LogP contribution in [-0.2, 0) is 16.6 Å². The van der Waals surface area contributed by atoms with Crippen molar-refractivity contribution in [1.29, 1.82) is 0 Å². The summed E-state index contributed by atoms with van der Waals surface area (Å²) >= 11 is 0. The lowest BCUT2D eigenvalue weighted by molar-refractivity contribution is 0.597. The van der Waals surface area contributed by atoms with Gasteiger partial charge in [0, 0.05) is 6.54 Å². The monoisotopic (exact) mass is 259 g/mol. The number of sulfonamides is 1. The molecular formula is C11H21N3O2S. The van der Waals surface area contributed by atoms with Crippen LogP contribution in [0.4, 0.5) is 5.69 Å². The van der Waals surface area contributed by atoms with Crippen LogP contribution in [0.1, 0.15) is 38.1 Å². The second-order valence-electron chi connectivity index (χ2n) is 4.14. The summed E-state index contributed by atoms with van der Waals surface area (Å²) in [6.45, 7) is 8.39. The van der Waals surface area contributed by atoms with Gasteiger partial charge in [0.05, 0.1) is 22.8 Å². The first-order chi connectivity index (χ1) is 7.91. The third-order valence-corrected chi connectivity index (χ3v) is 4.05. The maximum Gasteiger partial charge on any atom is 0.232 e. The molecule has 1 heterocycles. The second kappa shape index (κ2) is 5.53.